The van der Waals surface area contributed by atoms with Crippen LogP contribution in [-0.4, -0.2) is 18.6 Å². The van der Waals surface area contributed by atoms with Crippen molar-refractivity contribution in [3.8, 4) is 0 Å². The van der Waals surface area contributed by atoms with Crippen molar-refractivity contribution in [2.75, 3.05) is 19.3 Å². The van der Waals surface area contributed by atoms with Crippen LogP contribution in [0, 0.1) is 5.95 Å². The molecule has 0 aliphatic carbocycles. The number of anilines is 1. The van der Waals surface area contributed by atoms with Crippen LogP contribution in [0.25, 0.3) is 6.08 Å². The molecule has 0 radical (unpaired) electrons. The summed E-state index contributed by atoms with van der Waals surface area (Å²) in [5.41, 5.74) is 6.27. The Balaban J connectivity index is 2.59. The molecule has 0 bridgehead atoms. The van der Waals surface area contributed by atoms with Crippen molar-refractivity contribution in [3.05, 3.63) is 29.9 Å². The summed E-state index contributed by atoms with van der Waals surface area (Å²) in [6, 6.07) is 1.57. The lowest BCUT2D eigenvalue weighted by molar-refractivity contribution is 0.588. The highest BCUT2D eigenvalue weighted by molar-refractivity contribution is 5.53. The molecule has 1 aromatic heterocycles. The number of hydrogen-bond acceptors (Lipinski definition) is 3. The fraction of sp³-hybridized carbons (Fsp3) is 0.300. The maximum atomic E-state index is 12.7. The average molecular weight is 195 g/mol. The minimum absolute atomic E-state index is 0.0840. The summed E-state index contributed by atoms with van der Waals surface area (Å²) < 4.78 is 12.7. The minimum Gasteiger partial charge on any atom is -0.395 e. The van der Waals surface area contributed by atoms with Gasteiger partial charge in [-0.1, -0.05) is 12.2 Å². The van der Waals surface area contributed by atoms with Gasteiger partial charge in [0.25, 0.3) is 0 Å². The zero-order valence-corrected chi connectivity index (χ0v) is 8.13. The molecule has 0 aliphatic rings. The molecule has 0 fully saturated rings. The van der Waals surface area contributed by atoms with E-state index >= 15 is 0 Å². The summed E-state index contributed by atoms with van der Waals surface area (Å²) in [6.07, 6.45) is 6.25. The van der Waals surface area contributed by atoms with Crippen LogP contribution in [0.3, 0.4) is 0 Å². The third-order valence-corrected chi connectivity index (χ3v) is 1.76. The molecule has 0 atom stereocenters. The van der Waals surface area contributed by atoms with Crippen LogP contribution in [-0.2, 0) is 0 Å². The lowest BCUT2D eigenvalue weighted by Gasteiger charge is -1.97. The lowest BCUT2D eigenvalue weighted by atomic mass is 10.2. The first-order valence-corrected chi connectivity index (χ1v) is 4.46. The number of halogens is 1. The fourth-order valence-corrected chi connectivity index (χ4v) is 1.02. The highest BCUT2D eigenvalue weighted by atomic mass is 19.1. The van der Waals surface area contributed by atoms with Crippen molar-refractivity contribution in [2.24, 2.45) is 0 Å². The zero-order chi connectivity index (χ0) is 10.4. The summed E-state index contributed by atoms with van der Waals surface area (Å²) in [5.74, 6) is -0.614. The fourth-order valence-electron chi connectivity index (χ4n) is 1.02. The number of nitrogen functional groups attached to an aromatic ring is 1. The van der Waals surface area contributed by atoms with E-state index in [2.05, 4.69) is 10.3 Å². The van der Waals surface area contributed by atoms with E-state index in [0.29, 0.717) is 0 Å². The first-order chi connectivity index (χ1) is 6.74. The molecular formula is C10H14FN3. The summed E-state index contributed by atoms with van der Waals surface area (Å²) in [4.78, 5) is 3.52. The quantitative estimate of drug-likeness (QED) is 0.564. The molecule has 0 unspecified atom stereocenters. The standard InChI is InChI=1S/C10H14FN3/c1-13-5-3-2-4-8-6-9(12)10(11)14-7-8/h2,4,6-7,13H,3,5,12H2,1H3. The van der Waals surface area contributed by atoms with Crippen LogP contribution in [0.15, 0.2) is 18.3 Å². The van der Waals surface area contributed by atoms with Crippen molar-refractivity contribution in [1.29, 1.82) is 0 Å². The minimum atomic E-state index is -0.614. The Bertz CT molecular complexity index is 323. The van der Waals surface area contributed by atoms with Crippen LogP contribution in [0.2, 0.25) is 0 Å². The van der Waals surface area contributed by atoms with E-state index in [-0.39, 0.29) is 5.69 Å². The summed E-state index contributed by atoms with van der Waals surface area (Å²) in [5, 5.41) is 3.02. The second-order valence-corrected chi connectivity index (χ2v) is 2.94. The second-order valence-electron chi connectivity index (χ2n) is 2.94. The van der Waals surface area contributed by atoms with Crippen LogP contribution in [0.4, 0.5) is 10.1 Å². The van der Waals surface area contributed by atoms with E-state index < -0.39 is 5.95 Å². The molecule has 0 spiro atoms. The van der Waals surface area contributed by atoms with Gasteiger partial charge in [-0.2, -0.15) is 4.39 Å². The van der Waals surface area contributed by atoms with E-state index in [1.807, 2.05) is 19.2 Å². The van der Waals surface area contributed by atoms with Gasteiger partial charge in [-0.25, -0.2) is 4.98 Å². The molecule has 0 saturated carbocycles. The van der Waals surface area contributed by atoms with E-state index in [4.69, 9.17) is 5.73 Å². The first kappa shape index (κ1) is 10.7. The molecule has 0 amide bonds. The first-order valence-electron chi connectivity index (χ1n) is 4.46. The molecule has 1 rings (SSSR count). The van der Waals surface area contributed by atoms with Gasteiger partial charge in [0, 0.05) is 6.20 Å². The van der Waals surface area contributed by atoms with Gasteiger partial charge in [0.1, 0.15) is 0 Å². The van der Waals surface area contributed by atoms with Gasteiger partial charge in [-0.15, -0.1) is 0 Å². The Morgan fingerprint density at radius 3 is 3.07 bits per heavy atom. The van der Waals surface area contributed by atoms with Gasteiger partial charge >= 0.3 is 0 Å². The number of nitrogens with one attached hydrogen (secondary N) is 1. The van der Waals surface area contributed by atoms with E-state index in [1.165, 1.54) is 6.20 Å². The molecule has 0 aromatic carbocycles. The molecule has 0 aliphatic heterocycles. The largest absolute Gasteiger partial charge is 0.395 e. The highest BCUT2D eigenvalue weighted by Crippen LogP contribution is 2.10. The Kier molecular flexibility index (Phi) is 4.07. The van der Waals surface area contributed by atoms with E-state index in [1.54, 1.807) is 6.07 Å². The number of aromatic nitrogens is 1. The average Bonchev–Trinajstić information content (AvgIpc) is 2.18. The molecule has 4 heteroatoms. The van der Waals surface area contributed by atoms with Crippen molar-refractivity contribution in [3.63, 3.8) is 0 Å². The third-order valence-electron chi connectivity index (χ3n) is 1.76. The maximum absolute atomic E-state index is 12.7. The molecular weight excluding hydrogens is 181 g/mol. The molecule has 3 N–H and O–H groups in total. The number of nitrogens with two attached hydrogens (primary N) is 1. The van der Waals surface area contributed by atoms with Crippen LogP contribution in [0.1, 0.15) is 12.0 Å². The Hall–Kier alpha value is -1.42. The monoisotopic (exact) mass is 195 g/mol. The van der Waals surface area contributed by atoms with Crippen LogP contribution in [0.5, 0.6) is 0 Å². The van der Waals surface area contributed by atoms with Crippen molar-refractivity contribution >= 4 is 11.8 Å². The Labute approximate surface area is 82.8 Å². The molecule has 3 nitrogen and oxygen atoms in total. The van der Waals surface area contributed by atoms with E-state index in [9.17, 15) is 4.39 Å². The van der Waals surface area contributed by atoms with Crippen LogP contribution >= 0.6 is 0 Å². The third kappa shape index (κ3) is 3.14. The summed E-state index contributed by atoms with van der Waals surface area (Å²) >= 11 is 0. The van der Waals surface area contributed by atoms with Crippen molar-refractivity contribution < 1.29 is 4.39 Å². The smallest absolute Gasteiger partial charge is 0.236 e. The van der Waals surface area contributed by atoms with Gasteiger partial charge in [-0.05, 0) is 31.6 Å². The Morgan fingerprint density at radius 2 is 2.43 bits per heavy atom. The van der Waals surface area contributed by atoms with Crippen molar-refractivity contribution in [2.45, 2.75) is 6.42 Å². The summed E-state index contributed by atoms with van der Waals surface area (Å²) in [6.45, 7) is 0.917. The topological polar surface area (TPSA) is 50.9 Å². The maximum Gasteiger partial charge on any atom is 0.236 e. The van der Waals surface area contributed by atoms with Crippen LogP contribution < -0.4 is 11.1 Å². The number of pyridine rings is 1. The zero-order valence-electron chi connectivity index (χ0n) is 8.13. The van der Waals surface area contributed by atoms with Gasteiger partial charge < -0.3 is 11.1 Å². The number of nitrogens with zero attached hydrogens (tertiary/aromatic N) is 1. The number of hydrogen-bond donors (Lipinski definition) is 2. The number of rotatable bonds is 4. The Morgan fingerprint density at radius 1 is 1.64 bits per heavy atom. The second kappa shape index (κ2) is 5.34. The summed E-state index contributed by atoms with van der Waals surface area (Å²) in [7, 11) is 1.89. The predicted molar refractivity (Wildman–Crippen MR) is 56.2 cm³/mol. The SMILES string of the molecule is CNCCC=Cc1cnc(F)c(N)c1. The molecule has 14 heavy (non-hydrogen) atoms. The molecule has 1 heterocycles. The van der Waals surface area contributed by atoms with Gasteiger partial charge in [0.2, 0.25) is 5.95 Å². The van der Waals surface area contributed by atoms with E-state index in [0.717, 1.165) is 18.5 Å². The van der Waals surface area contributed by atoms with Crippen molar-refractivity contribution in [1.82, 2.24) is 10.3 Å². The highest BCUT2D eigenvalue weighted by Gasteiger charge is 1.97. The lowest BCUT2D eigenvalue weighted by Crippen LogP contribution is -2.05. The van der Waals surface area contributed by atoms with Gasteiger partial charge in [-0.3, -0.25) is 0 Å². The van der Waals surface area contributed by atoms with Gasteiger partial charge in [0.05, 0.1) is 5.69 Å². The predicted octanol–water partition coefficient (Wildman–Crippen LogP) is 1.43. The molecule has 76 valence electrons. The molecule has 0 saturated heterocycles. The normalized spacial score (nSPS) is 11.0. The van der Waals surface area contributed by atoms with Gasteiger partial charge in [0.15, 0.2) is 0 Å². The molecule has 1 aromatic rings.